The SMILES string of the molecule is CC(O)CCN(C)C(=O)c1cc(Cl)ccc1O. The van der Waals surface area contributed by atoms with Gasteiger partial charge < -0.3 is 15.1 Å². The molecule has 4 nitrogen and oxygen atoms in total. The highest BCUT2D eigenvalue weighted by Crippen LogP contribution is 2.22. The second-order valence-corrected chi connectivity index (χ2v) is 4.46. The van der Waals surface area contributed by atoms with Gasteiger partial charge in [-0.1, -0.05) is 11.6 Å². The van der Waals surface area contributed by atoms with Crippen molar-refractivity contribution in [1.29, 1.82) is 0 Å². The Hall–Kier alpha value is -1.26. The average molecular weight is 258 g/mol. The number of nitrogens with zero attached hydrogens (tertiary/aromatic N) is 1. The highest BCUT2D eigenvalue weighted by Gasteiger charge is 2.16. The first-order valence-corrected chi connectivity index (χ1v) is 5.71. The Balaban J connectivity index is 2.78. The second kappa shape index (κ2) is 5.89. The van der Waals surface area contributed by atoms with Crippen molar-refractivity contribution in [1.82, 2.24) is 4.90 Å². The molecule has 1 aromatic rings. The molecular weight excluding hydrogens is 242 g/mol. The Morgan fingerprint density at radius 2 is 2.18 bits per heavy atom. The summed E-state index contributed by atoms with van der Waals surface area (Å²) in [6, 6.07) is 4.33. The third kappa shape index (κ3) is 3.91. The van der Waals surface area contributed by atoms with Gasteiger partial charge in [-0.05, 0) is 31.5 Å². The predicted molar refractivity (Wildman–Crippen MR) is 66.4 cm³/mol. The van der Waals surface area contributed by atoms with Crippen LogP contribution in [0.4, 0.5) is 0 Å². The van der Waals surface area contributed by atoms with Crippen LogP contribution >= 0.6 is 11.6 Å². The molecule has 0 spiro atoms. The van der Waals surface area contributed by atoms with Crippen LogP contribution in [0.5, 0.6) is 5.75 Å². The van der Waals surface area contributed by atoms with Gasteiger partial charge in [0.1, 0.15) is 5.75 Å². The van der Waals surface area contributed by atoms with Gasteiger partial charge in [-0.3, -0.25) is 4.79 Å². The van der Waals surface area contributed by atoms with E-state index in [1.807, 2.05) is 0 Å². The highest BCUT2D eigenvalue weighted by atomic mass is 35.5. The average Bonchev–Trinajstić information content (AvgIpc) is 2.28. The minimum Gasteiger partial charge on any atom is -0.507 e. The number of benzene rings is 1. The van der Waals surface area contributed by atoms with E-state index in [4.69, 9.17) is 16.7 Å². The Labute approximate surface area is 105 Å². The minimum absolute atomic E-state index is 0.0942. The smallest absolute Gasteiger partial charge is 0.257 e. The van der Waals surface area contributed by atoms with Gasteiger partial charge in [0.05, 0.1) is 11.7 Å². The fourth-order valence-electron chi connectivity index (χ4n) is 1.37. The molecule has 94 valence electrons. The number of rotatable bonds is 4. The zero-order valence-corrected chi connectivity index (χ0v) is 10.6. The first kappa shape index (κ1) is 13.8. The summed E-state index contributed by atoms with van der Waals surface area (Å²) >= 11 is 5.77. The van der Waals surface area contributed by atoms with Gasteiger partial charge >= 0.3 is 0 Å². The van der Waals surface area contributed by atoms with E-state index < -0.39 is 6.10 Å². The van der Waals surface area contributed by atoms with Gasteiger partial charge in [0.2, 0.25) is 0 Å². The third-order valence-corrected chi connectivity index (χ3v) is 2.65. The van der Waals surface area contributed by atoms with E-state index in [9.17, 15) is 9.90 Å². The fraction of sp³-hybridized carbons (Fsp3) is 0.417. The number of amides is 1. The van der Waals surface area contributed by atoms with Crippen molar-refractivity contribution in [3.05, 3.63) is 28.8 Å². The van der Waals surface area contributed by atoms with E-state index in [0.717, 1.165) is 0 Å². The largest absolute Gasteiger partial charge is 0.507 e. The summed E-state index contributed by atoms with van der Waals surface area (Å²) in [5, 5.41) is 19.1. The zero-order valence-electron chi connectivity index (χ0n) is 9.85. The molecule has 0 aliphatic rings. The normalized spacial score (nSPS) is 12.2. The number of aromatic hydroxyl groups is 1. The molecule has 17 heavy (non-hydrogen) atoms. The lowest BCUT2D eigenvalue weighted by Crippen LogP contribution is -2.29. The topological polar surface area (TPSA) is 60.8 Å². The number of phenols is 1. The van der Waals surface area contributed by atoms with Gasteiger partial charge in [-0.2, -0.15) is 0 Å². The maximum atomic E-state index is 12.0. The second-order valence-electron chi connectivity index (χ2n) is 4.03. The number of aliphatic hydroxyl groups excluding tert-OH is 1. The molecule has 0 saturated heterocycles. The van der Waals surface area contributed by atoms with Gasteiger partial charge in [-0.25, -0.2) is 0 Å². The van der Waals surface area contributed by atoms with E-state index in [0.29, 0.717) is 18.0 Å². The molecule has 1 unspecified atom stereocenters. The van der Waals surface area contributed by atoms with Crippen LogP contribution in [-0.2, 0) is 0 Å². The zero-order chi connectivity index (χ0) is 13.0. The summed E-state index contributed by atoms with van der Waals surface area (Å²) < 4.78 is 0. The maximum absolute atomic E-state index is 12.0. The lowest BCUT2D eigenvalue weighted by Gasteiger charge is -2.18. The summed E-state index contributed by atoms with van der Waals surface area (Å²) in [6.45, 7) is 2.08. The predicted octanol–water partition coefficient (Wildman–Crippen LogP) is 1.89. The van der Waals surface area contributed by atoms with Crippen LogP contribution in [-0.4, -0.2) is 40.7 Å². The first-order chi connectivity index (χ1) is 7.91. The third-order valence-electron chi connectivity index (χ3n) is 2.42. The standard InChI is InChI=1S/C12H16ClNO3/c1-8(15)5-6-14(2)12(17)10-7-9(13)3-4-11(10)16/h3-4,7-8,15-16H,5-6H2,1-2H3. The van der Waals surface area contributed by atoms with Crippen LogP contribution < -0.4 is 0 Å². The minimum atomic E-state index is -0.460. The lowest BCUT2D eigenvalue weighted by atomic mass is 10.1. The van der Waals surface area contributed by atoms with Crippen molar-refractivity contribution in [3.63, 3.8) is 0 Å². The number of carbonyl (C=O) groups excluding carboxylic acids is 1. The Bertz CT molecular complexity index is 407. The molecule has 1 rings (SSSR count). The highest BCUT2D eigenvalue weighted by molar-refractivity contribution is 6.31. The van der Waals surface area contributed by atoms with Crippen molar-refractivity contribution in [2.24, 2.45) is 0 Å². The molecule has 1 amide bonds. The fourth-order valence-corrected chi connectivity index (χ4v) is 1.54. The number of halogens is 1. The number of hydrogen-bond donors (Lipinski definition) is 2. The molecule has 0 saturated carbocycles. The van der Waals surface area contributed by atoms with Gasteiger partial charge in [0, 0.05) is 18.6 Å². The Kier molecular flexibility index (Phi) is 4.78. The molecule has 0 radical (unpaired) electrons. The molecule has 0 heterocycles. The molecular formula is C12H16ClNO3. The van der Waals surface area contributed by atoms with Crippen LogP contribution in [0.25, 0.3) is 0 Å². The van der Waals surface area contributed by atoms with Crippen molar-refractivity contribution < 1.29 is 15.0 Å². The Morgan fingerprint density at radius 3 is 2.76 bits per heavy atom. The number of carbonyl (C=O) groups is 1. The first-order valence-electron chi connectivity index (χ1n) is 5.34. The van der Waals surface area contributed by atoms with Crippen LogP contribution in [0, 0.1) is 0 Å². The number of phenolic OH excluding ortho intramolecular Hbond substituents is 1. The van der Waals surface area contributed by atoms with Crippen LogP contribution in [0.3, 0.4) is 0 Å². The van der Waals surface area contributed by atoms with E-state index in [-0.39, 0.29) is 17.2 Å². The molecule has 0 fully saturated rings. The van der Waals surface area contributed by atoms with Crippen LogP contribution in [0.2, 0.25) is 5.02 Å². The van der Waals surface area contributed by atoms with E-state index in [1.54, 1.807) is 14.0 Å². The van der Waals surface area contributed by atoms with Crippen LogP contribution in [0.15, 0.2) is 18.2 Å². The molecule has 0 aliphatic heterocycles. The summed E-state index contributed by atoms with van der Waals surface area (Å²) in [5.74, 6) is -0.408. The maximum Gasteiger partial charge on any atom is 0.257 e. The molecule has 2 N–H and O–H groups in total. The number of hydrogen-bond acceptors (Lipinski definition) is 3. The lowest BCUT2D eigenvalue weighted by molar-refractivity contribution is 0.0766. The summed E-state index contributed by atoms with van der Waals surface area (Å²) in [5.41, 5.74) is 0.172. The summed E-state index contributed by atoms with van der Waals surface area (Å²) in [4.78, 5) is 13.4. The van der Waals surface area contributed by atoms with Crippen molar-refractivity contribution >= 4 is 17.5 Å². The summed E-state index contributed by atoms with van der Waals surface area (Å²) in [6.07, 6.45) is 0.0297. The molecule has 0 bridgehead atoms. The monoisotopic (exact) mass is 257 g/mol. The molecule has 1 atom stereocenters. The van der Waals surface area contributed by atoms with Crippen molar-refractivity contribution in [2.75, 3.05) is 13.6 Å². The molecule has 1 aromatic carbocycles. The van der Waals surface area contributed by atoms with Gasteiger partial charge in [0.15, 0.2) is 0 Å². The Morgan fingerprint density at radius 1 is 1.53 bits per heavy atom. The van der Waals surface area contributed by atoms with Gasteiger partial charge in [0.25, 0.3) is 5.91 Å². The van der Waals surface area contributed by atoms with Gasteiger partial charge in [-0.15, -0.1) is 0 Å². The van der Waals surface area contributed by atoms with Crippen molar-refractivity contribution in [3.8, 4) is 5.75 Å². The van der Waals surface area contributed by atoms with E-state index in [2.05, 4.69) is 0 Å². The molecule has 5 heteroatoms. The summed E-state index contributed by atoms with van der Waals surface area (Å²) in [7, 11) is 1.62. The molecule has 0 aliphatic carbocycles. The number of aliphatic hydroxyl groups is 1. The van der Waals surface area contributed by atoms with E-state index >= 15 is 0 Å². The van der Waals surface area contributed by atoms with Crippen LogP contribution in [0.1, 0.15) is 23.7 Å². The quantitative estimate of drug-likeness (QED) is 0.866. The van der Waals surface area contributed by atoms with E-state index in [1.165, 1.54) is 23.1 Å². The van der Waals surface area contributed by atoms with Crippen molar-refractivity contribution in [2.45, 2.75) is 19.4 Å². The molecule has 0 aromatic heterocycles.